The fourth-order valence-electron chi connectivity index (χ4n) is 2.73. The minimum Gasteiger partial charge on any atom is -0.444 e. The van der Waals surface area contributed by atoms with Crippen molar-refractivity contribution in [2.45, 2.75) is 27.3 Å². The SMILES string of the molecule is Cc1nc(CN2CCN(C(=O)c3cc(C)n(C)n3)CC2)oc1C. The molecule has 0 aromatic carbocycles. The van der Waals surface area contributed by atoms with Gasteiger partial charge in [-0.2, -0.15) is 5.10 Å². The molecular weight excluding hydrogens is 294 g/mol. The zero-order valence-electron chi connectivity index (χ0n) is 14.2. The highest BCUT2D eigenvalue weighted by Gasteiger charge is 2.24. The summed E-state index contributed by atoms with van der Waals surface area (Å²) in [5.41, 5.74) is 2.46. The van der Waals surface area contributed by atoms with E-state index in [-0.39, 0.29) is 5.91 Å². The van der Waals surface area contributed by atoms with Crippen LogP contribution in [0.5, 0.6) is 0 Å². The molecule has 3 heterocycles. The molecule has 1 aliphatic heterocycles. The Labute approximate surface area is 135 Å². The maximum Gasteiger partial charge on any atom is 0.274 e. The molecule has 23 heavy (non-hydrogen) atoms. The predicted molar refractivity (Wildman–Crippen MR) is 85.1 cm³/mol. The Morgan fingerprint density at radius 2 is 1.91 bits per heavy atom. The molecule has 1 aliphatic rings. The molecule has 7 heteroatoms. The molecule has 0 atom stereocenters. The molecule has 0 N–H and O–H groups in total. The van der Waals surface area contributed by atoms with E-state index in [1.165, 1.54) is 0 Å². The Morgan fingerprint density at radius 1 is 1.22 bits per heavy atom. The van der Waals surface area contributed by atoms with Crippen LogP contribution in [0, 0.1) is 20.8 Å². The number of carbonyl (C=O) groups excluding carboxylic acids is 1. The zero-order chi connectivity index (χ0) is 16.6. The molecule has 7 nitrogen and oxygen atoms in total. The van der Waals surface area contributed by atoms with Gasteiger partial charge in [0, 0.05) is 38.9 Å². The topological polar surface area (TPSA) is 67.4 Å². The molecule has 3 rings (SSSR count). The summed E-state index contributed by atoms with van der Waals surface area (Å²) in [6.45, 7) is 9.56. The fourth-order valence-corrected chi connectivity index (χ4v) is 2.73. The Hall–Kier alpha value is -2.15. The maximum atomic E-state index is 12.5. The van der Waals surface area contributed by atoms with Crippen molar-refractivity contribution in [3.05, 3.63) is 34.8 Å². The van der Waals surface area contributed by atoms with Gasteiger partial charge in [0.2, 0.25) is 5.89 Å². The molecule has 0 unspecified atom stereocenters. The van der Waals surface area contributed by atoms with Crippen molar-refractivity contribution in [2.24, 2.45) is 7.05 Å². The molecule has 124 valence electrons. The molecule has 1 fully saturated rings. The predicted octanol–water partition coefficient (Wildman–Crippen LogP) is 1.29. The van der Waals surface area contributed by atoms with E-state index < -0.39 is 0 Å². The van der Waals surface area contributed by atoms with Crippen molar-refractivity contribution >= 4 is 5.91 Å². The Balaban J connectivity index is 1.56. The van der Waals surface area contributed by atoms with Gasteiger partial charge in [0.05, 0.1) is 12.2 Å². The summed E-state index contributed by atoms with van der Waals surface area (Å²) >= 11 is 0. The Morgan fingerprint density at radius 3 is 2.43 bits per heavy atom. The first-order valence-electron chi connectivity index (χ1n) is 7.89. The summed E-state index contributed by atoms with van der Waals surface area (Å²) in [7, 11) is 1.85. The van der Waals surface area contributed by atoms with E-state index >= 15 is 0 Å². The van der Waals surface area contributed by atoms with Crippen LogP contribution in [0.3, 0.4) is 0 Å². The van der Waals surface area contributed by atoms with E-state index in [4.69, 9.17) is 4.42 Å². The molecule has 2 aromatic heterocycles. The number of aryl methyl sites for hydroxylation is 4. The third kappa shape index (κ3) is 3.29. The van der Waals surface area contributed by atoms with Crippen LogP contribution in [-0.2, 0) is 13.6 Å². The summed E-state index contributed by atoms with van der Waals surface area (Å²) in [6.07, 6.45) is 0. The lowest BCUT2D eigenvalue weighted by Crippen LogP contribution is -2.48. The van der Waals surface area contributed by atoms with Crippen molar-refractivity contribution in [1.82, 2.24) is 24.6 Å². The van der Waals surface area contributed by atoms with Crippen LogP contribution < -0.4 is 0 Å². The molecule has 1 amide bonds. The summed E-state index contributed by atoms with van der Waals surface area (Å²) in [5.74, 6) is 1.63. The number of aromatic nitrogens is 3. The number of hydrogen-bond acceptors (Lipinski definition) is 5. The number of carbonyl (C=O) groups is 1. The van der Waals surface area contributed by atoms with Crippen LogP contribution >= 0.6 is 0 Å². The van der Waals surface area contributed by atoms with Crippen LogP contribution in [0.25, 0.3) is 0 Å². The highest BCUT2D eigenvalue weighted by atomic mass is 16.4. The van der Waals surface area contributed by atoms with Crippen LogP contribution in [-0.4, -0.2) is 56.7 Å². The van der Waals surface area contributed by atoms with Crippen molar-refractivity contribution in [2.75, 3.05) is 26.2 Å². The van der Waals surface area contributed by atoms with E-state index in [1.54, 1.807) is 4.68 Å². The third-order valence-electron chi connectivity index (χ3n) is 4.42. The highest BCUT2D eigenvalue weighted by Crippen LogP contribution is 2.14. The van der Waals surface area contributed by atoms with Crippen LogP contribution in [0.2, 0.25) is 0 Å². The average Bonchev–Trinajstić information content (AvgIpc) is 3.02. The summed E-state index contributed by atoms with van der Waals surface area (Å²) in [4.78, 5) is 21.0. The number of piperazine rings is 1. The van der Waals surface area contributed by atoms with Gasteiger partial charge in [0.25, 0.3) is 5.91 Å². The molecule has 0 spiro atoms. The van der Waals surface area contributed by atoms with Gasteiger partial charge < -0.3 is 9.32 Å². The monoisotopic (exact) mass is 317 g/mol. The van der Waals surface area contributed by atoms with Crippen LogP contribution in [0.1, 0.15) is 33.5 Å². The number of hydrogen-bond donors (Lipinski definition) is 0. The average molecular weight is 317 g/mol. The van der Waals surface area contributed by atoms with Crippen LogP contribution in [0.4, 0.5) is 0 Å². The largest absolute Gasteiger partial charge is 0.444 e. The first-order chi connectivity index (χ1) is 10.9. The maximum absolute atomic E-state index is 12.5. The number of rotatable bonds is 3. The standard InChI is InChI=1S/C16H23N5O2/c1-11-9-14(18-19(11)4)16(22)21-7-5-20(6-8-21)10-15-17-12(2)13(3)23-15/h9H,5-8,10H2,1-4H3. The van der Waals surface area contributed by atoms with Gasteiger partial charge in [-0.05, 0) is 26.8 Å². The quantitative estimate of drug-likeness (QED) is 0.853. The van der Waals surface area contributed by atoms with Crippen molar-refractivity contribution in [3.63, 3.8) is 0 Å². The second-order valence-corrected chi connectivity index (χ2v) is 6.11. The second kappa shape index (κ2) is 6.16. The molecular formula is C16H23N5O2. The molecule has 0 bridgehead atoms. The first kappa shape index (κ1) is 15.7. The van der Waals surface area contributed by atoms with Gasteiger partial charge in [-0.3, -0.25) is 14.4 Å². The van der Waals surface area contributed by atoms with Gasteiger partial charge in [-0.15, -0.1) is 0 Å². The molecule has 1 saturated heterocycles. The summed E-state index contributed by atoms with van der Waals surface area (Å²) in [6, 6.07) is 1.84. The lowest BCUT2D eigenvalue weighted by molar-refractivity contribution is 0.0611. The zero-order valence-corrected chi connectivity index (χ0v) is 14.2. The first-order valence-corrected chi connectivity index (χ1v) is 7.89. The normalized spacial score (nSPS) is 16.1. The van der Waals surface area contributed by atoms with Gasteiger partial charge in [0.15, 0.2) is 5.69 Å². The van der Waals surface area contributed by atoms with Gasteiger partial charge >= 0.3 is 0 Å². The summed E-state index contributed by atoms with van der Waals surface area (Å²) in [5, 5.41) is 4.27. The third-order valence-corrected chi connectivity index (χ3v) is 4.42. The van der Waals surface area contributed by atoms with Gasteiger partial charge in [0.1, 0.15) is 5.76 Å². The molecule has 2 aromatic rings. The number of nitrogens with zero attached hydrogens (tertiary/aromatic N) is 5. The van der Waals surface area contributed by atoms with E-state index in [2.05, 4.69) is 15.0 Å². The Kier molecular flexibility index (Phi) is 4.21. The lowest BCUT2D eigenvalue weighted by Gasteiger charge is -2.33. The highest BCUT2D eigenvalue weighted by molar-refractivity contribution is 5.92. The number of oxazole rings is 1. The van der Waals surface area contributed by atoms with E-state index in [1.807, 2.05) is 38.8 Å². The molecule has 0 saturated carbocycles. The van der Waals surface area contributed by atoms with Gasteiger partial charge in [-0.1, -0.05) is 0 Å². The van der Waals surface area contributed by atoms with E-state index in [9.17, 15) is 4.79 Å². The van der Waals surface area contributed by atoms with Crippen LogP contribution in [0.15, 0.2) is 10.5 Å². The van der Waals surface area contributed by atoms with E-state index in [0.29, 0.717) is 25.3 Å². The van der Waals surface area contributed by atoms with Crippen molar-refractivity contribution in [3.8, 4) is 0 Å². The van der Waals surface area contributed by atoms with Crippen molar-refractivity contribution in [1.29, 1.82) is 0 Å². The van der Waals surface area contributed by atoms with Crippen molar-refractivity contribution < 1.29 is 9.21 Å². The van der Waals surface area contributed by atoms with E-state index in [0.717, 1.165) is 36.1 Å². The fraction of sp³-hybridized carbons (Fsp3) is 0.562. The Bertz CT molecular complexity index is 671. The minimum atomic E-state index is 0.0103. The summed E-state index contributed by atoms with van der Waals surface area (Å²) < 4.78 is 7.36. The molecule has 0 aliphatic carbocycles. The smallest absolute Gasteiger partial charge is 0.274 e. The minimum absolute atomic E-state index is 0.0103. The molecule has 0 radical (unpaired) electrons. The number of amides is 1. The van der Waals surface area contributed by atoms with Gasteiger partial charge in [-0.25, -0.2) is 4.98 Å². The lowest BCUT2D eigenvalue weighted by atomic mass is 10.2. The second-order valence-electron chi connectivity index (χ2n) is 6.11.